The SMILES string of the molecule is O=C(c1cnc2c(ccn2-c2ccn3ccnc3c2)c1)N1CCCCC1. The number of amides is 1. The highest BCUT2D eigenvalue weighted by atomic mass is 16.2. The summed E-state index contributed by atoms with van der Waals surface area (Å²) in [5, 5.41) is 0.969. The van der Waals surface area contributed by atoms with Gasteiger partial charge in [-0.2, -0.15) is 0 Å². The maximum absolute atomic E-state index is 12.7. The third kappa shape index (κ3) is 2.45. The minimum atomic E-state index is 0.0886. The number of carbonyl (C=O) groups excluding carboxylic acids is 1. The summed E-state index contributed by atoms with van der Waals surface area (Å²) in [6, 6.07) is 8.01. The van der Waals surface area contributed by atoms with Crippen molar-refractivity contribution in [3.63, 3.8) is 0 Å². The highest BCUT2D eigenvalue weighted by Crippen LogP contribution is 2.22. The smallest absolute Gasteiger partial charge is 0.255 e. The molecular formula is C20H19N5O. The molecule has 0 spiro atoms. The Balaban J connectivity index is 1.52. The molecule has 0 radical (unpaired) electrons. The predicted octanol–water partition coefficient (Wildman–Crippen LogP) is 3.30. The molecule has 1 saturated heterocycles. The Labute approximate surface area is 150 Å². The van der Waals surface area contributed by atoms with Crippen molar-refractivity contribution in [1.29, 1.82) is 0 Å². The molecule has 0 saturated carbocycles. The average molecular weight is 345 g/mol. The fraction of sp³-hybridized carbons (Fsp3) is 0.250. The largest absolute Gasteiger partial charge is 0.339 e. The number of hydrogen-bond donors (Lipinski definition) is 0. The third-order valence-electron chi connectivity index (χ3n) is 5.08. The molecule has 130 valence electrons. The first-order valence-corrected chi connectivity index (χ1v) is 8.99. The van der Waals surface area contributed by atoms with Gasteiger partial charge in [0.15, 0.2) is 0 Å². The number of rotatable bonds is 2. The van der Waals surface area contributed by atoms with Crippen molar-refractivity contribution in [3.8, 4) is 5.69 Å². The van der Waals surface area contributed by atoms with Gasteiger partial charge in [0, 0.05) is 55.5 Å². The van der Waals surface area contributed by atoms with Crippen molar-refractivity contribution < 1.29 is 4.79 Å². The Kier molecular flexibility index (Phi) is 3.48. The maximum Gasteiger partial charge on any atom is 0.255 e. The van der Waals surface area contributed by atoms with E-state index < -0.39 is 0 Å². The van der Waals surface area contributed by atoms with E-state index >= 15 is 0 Å². The number of hydrogen-bond acceptors (Lipinski definition) is 3. The van der Waals surface area contributed by atoms with Crippen LogP contribution in [0, 0.1) is 0 Å². The highest BCUT2D eigenvalue weighted by molar-refractivity contribution is 5.97. The summed E-state index contributed by atoms with van der Waals surface area (Å²) < 4.78 is 4.00. The van der Waals surface area contributed by atoms with Gasteiger partial charge in [-0.15, -0.1) is 0 Å². The second kappa shape index (κ2) is 5.98. The molecule has 4 aromatic heterocycles. The van der Waals surface area contributed by atoms with Crippen LogP contribution in [0.3, 0.4) is 0 Å². The van der Waals surface area contributed by atoms with Crippen LogP contribution in [0.5, 0.6) is 0 Å². The number of likely N-dealkylation sites (tertiary alicyclic amines) is 1. The standard InChI is InChI=1S/C20H19N5O/c26-20(24-7-2-1-3-8-24)16-12-15-4-10-25(19(15)22-14-16)17-5-9-23-11-6-21-18(23)13-17/h4-6,9-14H,1-3,7-8H2. The van der Waals surface area contributed by atoms with Crippen LogP contribution in [0.1, 0.15) is 29.6 Å². The lowest BCUT2D eigenvalue weighted by molar-refractivity contribution is 0.0724. The van der Waals surface area contributed by atoms with Gasteiger partial charge in [0.2, 0.25) is 0 Å². The Morgan fingerprint density at radius 1 is 0.962 bits per heavy atom. The molecule has 6 heteroatoms. The van der Waals surface area contributed by atoms with Gasteiger partial charge in [0.05, 0.1) is 11.3 Å². The van der Waals surface area contributed by atoms with E-state index in [0.717, 1.165) is 48.3 Å². The maximum atomic E-state index is 12.7. The number of imidazole rings is 1. The third-order valence-corrected chi connectivity index (χ3v) is 5.08. The Morgan fingerprint density at radius 2 is 1.85 bits per heavy atom. The van der Waals surface area contributed by atoms with Gasteiger partial charge in [0.1, 0.15) is 11.3 Å². The molecule has 0 N–H and O–H groups in total. The molecule has 0 atom stereocenters. The highest BCUT2D eigenvalue weighted by Gasteiger charge is 2.19. The monoisotopic (exact) mass is 345 g/mol. The molecule has 1 amide bonds. The molecule has 0 bridgehead atoms. The quantitative estimate of drug-likeness (QED) is 0.560. The number of piperidine rings is 1. The van der Waals surface area contributed by atoms with Gasteiger partial charge in [-0.05, 0) is 37.5 Å². The van der Waals surface area contributed by atoms with Crippen molar-refractivity contribution >= 4 is 22.6 Å². The van der Waals surface area contributed by atoms with Crippen LogP contribution >= 0.6 is 0 Å². The molecule has 5 heterocycles. The fourth-order valence-electron chi connectivity index (χ4n) is 3.68. The molecule has 1 aliphatic rings. The van der Waals surface area contributed by atoms with Crippen molar-refractivity contribution in [2.24, 2.45) is 0 Å². The number of pyridine rings is 2. The second-order valence-corrected chi connectivity index (χ2v) is 6.75. The van der Waals surface area contributed by atoms with E-state index in [1.807, 2.05) is 56.7 Å². The minimum absolute atomic E-state index is 0.0886. The molecular weight excluding hydrogens is 326 g/mol. The topological polar surface area (TPSA) is 55.4 Å². The number of carbonyl (C=O) groups is 1. The van der Waals surface area contributed by atoms with Crippen LogP contribution < -0.4 is 0 Å². The molecule has 0 aliphatic carbocycles. The average Bonchev–Trinajstić information content (AvgIpc) is 3.33. The van der Waals surface area contributed by atoms with E-state index in [4.69, 9.17) is 0 Å². The van der Waals surface area contributed by atoms with E-state index in [0.29, 0.717) is 5.56 Å². The molecule has 6 nitrogen and oxygen atoms in total. The van der Waals surface area contributed by atoms with Crippen LogP contribution in [0.15, 0.2) is 55.2 Å². The van der Waals surface area contributed by atoms with Gasteiger partial charge in [0.25, 0.3) is 5.91 Å². The zero-order chi connectivity index (χ0) is 17.5. The Bertz CT molecular complexity index is 1100. The zero-order valence-electron chi connectivity index (χ0n) is 14.4. The van der Waals surface area contributed by atoms with E-state index in [2.05, 4.69) is 9.97 Å². The van der Waals surface area contributed by atoms with Crippen molar-refractivity contribution in [2.75, 3.05) is 13.1 Å². The lowest BCUT2D eigenvalue weighted by atomic mass is 10.1. The lowest BCUT2D eigenvalue weighted by Crippen LogP contribution is -2.35. The molecule has 5 rings (SSSR count). The summed E-state index contributed by atoms with van der Waals surface area (Å²) in [5.74, 6) is 0.0886. The molecule has 0 aromatic carbocycles. The Morgan fingerprint density at radius 3 is 2.73 bits per heavy atom. The van der Waals surface area contributed by atoms with Crippen molar-refractivity contribution in [2.45, 2.75) is 19.3 Å². The first-order chi connectivity index (χ1) is 12.8. The van der Waals surface area contributed by atoms with Crippen LogP contribution in [0.4, 0.5) is 0 Å². The molecule has 4 aromatic rings. The molecule has 0 unspecified atom stereocenters. The fourth-order valence-corrected chi connectivity index (χ4v) is 3.68. The van der Waals surface area contributed by atoms with Crippen LogP contribution in [-0.4, -0.2) is 42.8 Å². The first kappa shape index (κ1) is 15.1. The summed E-state index contributed by atoms with van der Waals surface area (Å²) in [5.41, 5.74) is 3.40. The Hall–Kier alpha value is -3.15. The number of aromatic nitrogens is 4. The first-order valence-electron chi connectivity index (χ1n) is 8.99. The minimum Gasteiger partial charge on any atom is -0.339 e. The lowest BCUT2D eigenvalue weighted by Gasteiger charge is -2.26. The van der Waals surface area contributed by atoms with Crippen LogP contribution in [0.25, 0.3) is 22.4 Å². The summed E-state index contributed by atoms with van der Waals surface area (Å²) >= 11 is 0. The summed E-state index contributed by atoms with van der Waals surface area (Å²) in [6.07, 6.45) is 12.8. The number of nitrogens with zero attached hydrogens (tertiary/aromatic N) is 5. The summed E-state index contributed by atoms with van der Waals surface area (Å²) in [4.78, 5) is 23.6. The van der Waals surface area contributed by atoms with E-state index in [1.165, 1.54) is 6.42 Å². The second-order valence-electron chi connectivity index (χ2n) is 6.75. The molecule has 26 heavy (non-hydrogen) atoms. The van der Waals surface area contributed by atoms with Crippen molar-refractivity contribution in [3.05, 3.63) is 60.8 Å². The van der Waals surface area contributed by atoms with E-state index in [-0.39, 0.29) is 5.91 Å². The van der Waals surface area contributed by atoms with E-state index in [9.17, 15) is 4.79 Å². The normalized spacial score (nSPS) is 15.0. The molecule has 1 aliphatic heterocycles. The molecule has 1 fully saturated rings. The van der Waals surface area contributed by atoms with Gasteiger partial charge in [-0.1, -0.05) is 0 Å². The predicted molar refractivity (Wildman–Crippen MR) is 99.6 cm³/mol. The van der Waals surface area contributed by atoms with Crippen LogP contribution in [-0.2, 0) is 0 Å². The summed E-state index contributed by atoms with van der Waals surface area (Å²) in [6.45, 7) is 1.70. The summed E-state index contributed by atoms with van der Waals surface area (Å²) in [7, 11) is 0. The van der Waals surface area contributed by atoms with Gasteiger partial charge < -0.3 is 13.9 Å². The van der Waals surface area contributed by atoms with Crippen LogP contribution in [0.2, 0.25) is 0 Å². The van der Waals surface area contributed by atoms with Gasteiger partial charge >= 0.3 is 0 Å². The van der Waals surface area contributed by atoms with Crippen molar-refractivity contribution in [1.82, 2.24) is 23.8 Å². The number of fused-ring (bicyclic) bond motifs is 2. The zero-order valence-corrected chi connectivity index (χ0v) is 14.4. The van der Waals surface area contributed by atoms with Gasteiger partial charge in [-0.25, -0.2) is 9.97 Å². The van der Waals surface area contributed by atoms with Gasteiger partial charge in [-0.3, -0.25) is 4.79 Å². The van der Waals surface area contributed by atoms with E-state index in [1.54, 1.807) is 12.4 Å².